The van der Waals surface area contributed by atoms with Crippen molar-refractivity contribution >= 4 is 28.1 Å². The molecule has 1 atom stereocenters. The number of para-hydroxylation sites is 1. The zero-order valence-corrected chi connectivity index (χ0v) is 19.0. The zero-order chi connectivity index (χ0) is 22.5. The maximum Gasteiger partial charge on any atom is 0.221 e. The number of pyridine rings is 1. The summed E-state index contributed by atoms with van der Waals surface area (Å²) in [5.74, 6) is 0.0296. The lowest BCUT2D eigenvalue weighted by molar-refractivity contribution is -0.121. The fourth-order valence-electron chi connectivity index (χ4n) is 4.31. The predicted molar refractivity (Wildman–Crippen MR) is 134 cm³/mol. The Morgan fingerprint density at radius 2 is 1.79 bits per heavy atom. The van der Waals surface area contributed by atoms with E-state index < -0.39 is 0 Å². The molecule has 0 radical (unpaired) electrons. The molecule has 3 heterocycles. The highest BCUT2D eigenvalue weighted by Crippen LogP contribution is 2.36. The minimum absolute atomic E-state index is 0.00734. The Morgan fingerprint density at radius 3 is 2.58 bits per heavy atom. The van der Waals surface area contributed by atoms with Gasteiger partial charge in [0.2, 0.25) is 5.91 Å². The number of carbonyl (C=O) groups is 1. The minimum atomic E-state index is -0.00734. The molecular formula is C28H25N3OS. The molecule has 0 saturated heterocycles. The van der Waals surface area contributed by atoms with E-state index >= 15 is 0 Å². The van der Waals surface area contributed by atoms with Crippen molar-refractivity contribution in [2.45, 2.75) is 25.4 Å². The van der Waals surface area contributed by atoms with E-state index in [1.54, 1.807) is 23.7 Å². The van der Waals surface area contributed by atoms with E-state index in [0.717, 1.165) is 12.1 Å². The van der Waals surface area contributed by atoms with Crippen molar-refractivity contribution in [2.24, 2.45) is 0 Å². The first-order valence-electron chi connectivity index (χ1n) is 11.1. The Bertz CT molecular complexity index is 1330. The van der Waals surface area contributed by atoms with Crippen LogP contribution < -0.4 is 5.32 Å². The predicted octanol–water partition coefficient (Wildman–Crippen LogP) is 5.98. The lowest BCUT2D eigenvalue weighted by Crippen LogP contribution is -2.24. The number of thiophene rings is 1. The van der Waals surface area contributed by atoms with Crippen molar-refractivity contribution < 1.29 is 4.79 Å². The summed E-state index contributed by atoms with van der Waals surface area (Å²) in [4.78, 5) is 17.1. The van der Waals surface area contributed by atoms with Crippen molar-refractivity contribution in [1.29, 1.82) is 0 Å². The number of hydrogen-bond acceptors (Lipinski definition) is 3. The molecule has 0 bridgehead atoms. The molecule has 1 N–H and O–H groups in total. The number of fused-ring (bicyclic) bond motifs is 1. The van der Waals surface area contributed by atoms with E-state index in [-0.39, 0.29) is 11.8 Å². The summed E-state index contributed by atoms with van der Waals surface area (Å²) in [7, 11) is 0. The molecule has 0 saturated carbocycles. The van der Waals surface area contributed by atoms with Gasteiger partial charge in [-0.25, -0.2) is 0 Å². The maximum absolute atomic E-state index is 13.0. The highest BCUT2D eigenvalue weighted by Gasteiger charge is 2.23. The summed E-state index contributed by atoms with van der Waals surface area (Å²) in [6.07, 6.45) is 6.15. The Labute approximate surface area is 197 Å². The van der Waals surface area contributed by atoms with Crippen LogP contribution in [0.3, 0.4) is 0 Å². The van der Waals surface area contributed by atoms with Crippen LogP contribution >= 0.6 is 11.3 Å². The van der Waals surface area contributed by atoms with Crippen LogP contribution in [0.4, 0.5) is 0 Å². The molecular weight excluding hydrogens is 426 g/mol. The van der Waals surface area contributed by atoms with E-state index in [1.807, 2.05) is 18.2 Å². The van der Waals surface area contributed by atoms with Crippen LogP contribution in [0.1, 0.15) is 34.6 Å². The molecule has 0 aliphatic carbocycles. The summed E-state index contributed by atoms with van der Waals surface area (Å²) in [6.45, 7) is 1.28. The molecule has 5 rings (SSSR count). The topological polar surface area (TPSA) is 46.9 Å². The van der Waals surface area contributed by atoms with E-state index in [1.165, 1.54) is 27.6 Å². The van der Waals surface area contributed by atoms with Gasteiger partial charge in [-0.05, 0) is 51.2 Å². The average Bonchev–Trinajstić information content (AvgIpc) is 3.52. The van der Waals surface area contributed by atoms with Gasteiger partial charge in [0.25, 0.3) is 0 Å². The molecule has 1 unspecified atom stereocenters. The van der Waals surface area contributed by atoms with E-state index in [0.29, 0.717) is 13.0 Å². The summed E-state index contributed by atoms with van der Waals surface area (Å²) in [6, 6.07) is 25.0. The Balaban J connectivity index is 1.45. The zero-order valence-electron chi connectivity index (χ0n) is 18.2. The third kappa shape index (κ3) is 4.89. The highest BCUT2D eigenvalue weighted by atomic mass is 32.1. The van der Waals surface area contributed by atoms with Crippen LogP contribution in [0.5, 0.6) is 0 Å². The van der Waals surface area contributed by atoms with Crippen molar-refractivity contribution in [1.82, 2.24) is 14.9 Å². The second-order valence-electron chi connectivity index (χ2n) is 8.17. The second kappa shape index (κ2) is 9.84. The Kier molecular flexibility index (Phi) is 6.31. The van der Waals surface area contributed by atoms with Gasteiger partial charge in [0.15, 0.2) is 0 Å². The largest absolute Gasteiger partial charge is 0.352 e. The molecule has 5 aromatic rings. The summed E-state index contributed by atoms with van der Waals surface area (Å²) >= 11 is 1.67. The fraction of sp³-hybridized carbons (Fsp3) is 0.143. The first-order valence-corrected chi connectivity index (χ1v) is 12.0. The normalized spacial score (nSPS) is 12.0. The maximum atomic E-state index is 13.0. The molecule has 0 spiro atoms. The number of nitrogens with one attached hydrogen (secondary N) is 1. The number of rotatable bonds is 8. The summed E-state index contributed by atoms with van der Waals surface area (Å²) in [5.41, 5.74) is 5.81. The Morgan fingerprint density at radius 1 is 0.970 bits per heavy atom. The van der Waals surface area contributed by atoms with Gasteiger partial charge in [-0.1, -0.05) is 54.6 Å². The van der Waals surface area contributed by atoms with Gasteiger partial charge in [-0.15, -0.1) is 0 Å². The molecule has 2 aromatic carbocycles. The number of amides is 1. The Hall–Kier alpha value is -3.70. The molecule has 0 aliphatic heterocycles. The van der Waals surface area contributed by atoms with Crippen molar-refractivity contribution in [3.8, 4) is 0 Å². The molecule has 4 nitrogen and oxygen atoms in total. The van der Waals surface area contributed by atoms with Gasteiger partial charge in [0.1, 0.15) is 0 Å². The van der Waals surface area contributed by atoms with Crippen LogP contribution in [0.15, 0.2) is 102 Å². The van der Waals surface area contributed by atoms with Gasteiger partial charge >= 0.3 is 0 Å². The monoisotopic (exact) mass is 451 g/mol. The van der Waals surface area contributed by atoms with Gasteiger partial charge in [0, 0.05) is 54.9 Å². The third-order valence-electron chi connectivity index (χ3n) is 5.94. The van der Waals surface area contributed by atoms with Crippen molar-refractivity contribution in [3.05, 3.63) is 124 Å². The molecule has 0 aliphatic rings. The van der Waals surface area contributed by atoms with E-state index in [9.17, 15) is 4.79 Å². The van der Waals surface area contributed by atoms with Crippen LogP contribution in [0.25, 0.3) is 10.9 Å². The first-order chi connectivity index (χ1) is 16.3. The highest BCUT2D eigenvalue weighted by molar-refractivity contribution is 7.08. The number of nitrogens with zero attached hydrogens (tertiary/aromatic N) is 2. The quantitative estimate of drug-likeness (QED) is 0.315. The number of aromatic nitrogens is 2. The van der Waals surface area contributed by atoms with Crippen LogP contribution in [-0.2, 0) is 17.9 Å². The van der Waals surface area contributed by atoms with Crippen LogP contribution in [-0.4, -0.2) is 15.5 Å². The second-order valence-corrected chi connectivity index (χ2v) is 8.95. The minimum Gasteiger partial charge on any atom is -0.352 e. The standard InChI is InChI=1S/C28H25N3OS/c32-28(30-17-22-9-6-13-29-16-22)15-25(23-12-14-33-20-23)26-19-31(18-21-7-2-1-3-8-21)27-11-5-4-10-24(26)27/h1-14,16,19-20,25H,15,17-18H2,(H,30,32). The van der Waals surface area contributed by atoms with Gasteiger partial charge in [-0.2, -0.15) is 11.3 Å². The number of hydrogen-bond donors (Lipinski definition) is 1. The van der Waals surface area contributed by atoms with Gasteiger partial charge < -0.3 is 9.88 Å². The molecule has 3 aromatic heterocycles. The average molecular weight is 452 g/mol. The van der Waals surface area contributed by atoms with Crippen LogP contribution in [0.2, 0.25) is 0 Å². The lowest BCUT2D eigenvalue weighted by atomic mass is 9.89. The molecule has 33 heavy (non-hydrogen) atoms. The number of benzene rings is 2. The van der Waals surface area contributed by atoms with E-state index in [4.69, 9.17) is 0 Å². The van der Waals surface area contributed by atoms with Crippen molar-refractivity contribution in [2.75, 3.05) is 0 Å². The van der Waals surface area contributed by atoms with Gasteiger partial charge in [0.05, 0.1) is 0 Å². The first kappa shape index (κ1) is 21.2. The van der Waals surface area contributed by atoms with Crippen LogP contribution in [0, 0.1) is 0 Å². The molecule has 1 amide bonds. The summed E-state index contributed by atoms with van der Waals surface area (Å²) < 4.78 is 2.30. The lowest BCUT2D eigenvalue weighted by Gasteiger charge is -2.16. The third-order valence-corrected chi connectivity index (χ3v) is 6.64. The van der Waals surface area contributed by atoms with E-state index in [2.05, 4.69) is 86.4 Å². The SMILES string of the molecule is O=C(CC(c1ccsc1)c1cn(Cc2ccccc2)c2ccccc12)NCc1cccnc1. The molecule has 5 heteroatoms. The molecule has 0 fully saturated rings. The van der Waals surface area contributed by atoms with Crippen molar-refractivity contribution in [3.63, 3.8) is 0 Å². The smallest absolute Gasteiger partial charge is 0.221 e. The summed E-state index contributed by atoms with van der Waals surface area (Å²) in [5, 5.41) is 8.51. The molecule has 164 valence electrons. The fourth-order valence-corrected chi connectivity index (χ4v) is 5.02. The van der Waals surface area contributed by atoms with Gasteiger partial charge in [-0.3, -0.25) is 9.78 Å². The number of carbonyl (C=O) groups excluding carboxylic acids is 1.